The minimum absolute atomic E-state index is 0.283. The number of hydrogen-bond donors (Lipinski definition) is 0. The molecule has 1 aromatic rings. The molecule has 6 heteroatoms. The minimum Gasteiger partial charge on any atom is -0.473 e. The molecular formula is C10H15BBrN3O. The van der Waals surface area contributed by atoms with E-state index in [9.17, 15) is 0 Å². The zero-order chi connectivity index (χ0) is 11.5. The van der Waals surface area contributed by atoms with Crippen LogP contribution < -0.4 is 4.74 Å². The van der Waals surface area contributed by atoms with Crippen LogP contribution in [-0.2, 0) is 0 Å². The van der Waals surface area contributed by atoms with Gasteiger partial charge in [0.1, 0.15) is 16.4 Å². The smallest absolute Gasteiger partial charge is 0.235 e. The van der Waals surface area contributed by atoms with Crippen molar-refractivity contribution in [2.45, 2.75) is 25.9 Å². The fraction of sp³-hybridized carbons (Fsp3) is 0.600. The van der Waals surface area contributed by atoms with Gasteiger partial charge in [-0.15, -0.1) is 0 Å². The molecule has 4 nitrogen and oxygen atoms in total. The summed E-state index contributed by atoms with van der Waals surface area (Å²) < 4.78 is 6.62. The lowest BCUT2D eigenvalue weighted by atomic mass is 10.1. The summed E-state index contributed by atoms with van der Waals surface area (Å²) in [6.07, 6.45) is 4.09. The van der Waals surface area contributed by atoms with Crippen molar-refractivity contribution in [1.82, 2.24) is 14.8 Å². The molecule has 1 aliphatic heterocycles. The van der Waals surface area contributed by atoms with E-state index in [1.807, 2.05) is 6.92 Å². The van der Waals surface area contributed by atoms with Crippen molar-refractivity contribution in [3.63, 3.8) is 0 Å². The normalized spacial score (nSPS) is 18.6. The van der Waals surface area contributed by atoms with E-state index in [1.54, 1.807) is 6.20 Å². The molecule has 0 unspecified atom stereocenters. The summed E-state index contributed by atoms with van der Waals surface area (Å²) in [4.78, 5) is 10.8. The lowest BCUT2D eigenvalue weighted by molar-refractivity contribution is 0.129. The molecule has 0 aliphatic carbocycles. The zero-order valence-corrected chi connectivity index (χ0v) is 11.2. The van der Waals surface area contributed by atoms with Crippen LogP contribution in [0.1, 0.15) is 18.5 Å². The van der Waals surface area contributed by atoms with Crippen molar-refractivity contribution in [3.05, 3.63) is 16.5 Å². The Balaban J connectivity index is 1.98. The van der Waals surface area contributed by atoms with E-state index in [1.165, 1.54) is 0 Å². The van der Waals surface area contributed by atoms with Crippen molar-refractivity contribution in [2.75, 3.05) is 13.1 Å². The van der Waals surface area contributed by atoms with Crippen LogP contribution in [0.5, 0.6) is 5.88 Å². The standard InChI is InChI=1S/C10H15BBrN3O/c1-7-10(13-6-9(12)14-7)16-8-2-4-15(11)5-3-8/h6,8H,2-5,11H2,1H3. The Bertz CT molecular complexity index is 369. The number of aromatic nitrogens is 2. The quantitative estimate of drug-likeness (QED) is 0.758. The third-order valence-electron chi connectivity index (χ3n) is 2.82. The number of nitrogens with zero attached hydrogens (tertiary/aromatic N) is 3. The molecule has 1 aromatic heterocycles. The van der Waals surface area contributed by atoms with Gasteiger partial charge >= 0.3 is 0 Å². The maximum atomic E-state index is 5.87. The third-order valence-corrected chi connectivity index (χ3v) is 3.20. The Morgan fingerprint density at radius 3 is 2.81 bits per heavy atom. The van der Waals surface area contributed by atoms with E-state index in [0.717, 1.165) is 36.2 Å². The second-order valence-corrected chi connectivity index (χ2v) is 5.02. The van der Waals surface area contributed by atoms with Crippen molar-refractivity contribution in [2.24, 2.45) is 0 Å². The van der Waals surface area contributed by atoms with Crippen LogP contribution >= 0.6 is 15.9 Å². The van der Waals surface area contributed by atoms with Gasteiger partial charge in [0.15, 0.2) is 7.98 Å². The predicted molar refractivity (Wildman–Crippen MR) is 68.2 cm³/mol. The van der Waals surface area contributed by atoms with Gasteiger partial charge in [0, 0.05) is 0 Å². The van der Waals surface area contributed by atoms with Gasteiger partial charge in [-0.05, 0) is 48.8 Å². The maximum absolute atomic E-state index is 5.87. The molecular weight excluding hydrogens is 269 g/mol. The molecule has 0 atom stereocenters. The Labute approximate surface area is 105 Å². The summed E-state index contributed by atoms with van der Waals surface area (Å²) in [6.45, 7) is 4.10. The van der Waals surface area contributed by atoms with Gasteiger partial charge in [-0.25, -0.2) is 9.97 Å². The summed E-state index contributed by atoms with van der Waals surface area (Å²) in [5.41, 5.74) is 0.841. The topological polar surface area (TPSA) is 38.2 Å². The molecule has 0 saturated carbocycles. The van der Waals surface area contributed by atoms with Crippen LogP contribution in [0.15, 0.2) is 10.8 Å². The van der Waals surface area contributed by atoms with Crippen LogP contribution in [0.25, 0.3) is 0 Å². The highest BCUT2D eigenvalue weighted by Crippen LogP contribution is 2.19. The lowest BCUT2D eigenvalue weighted by Gasteiger charge is -2.29. The van der Waals surface area contributed by atoms with E-state index in [-0.39, 0.29) is 6.10 Å². The van der Waals surface area contributed by atoms with Gasteiger partial charge in [0.2, 0.25) is 5.88 Å². The lowest BCUT2D eigenvalue weighted by Crippen LogP contribution is -2.36. The number of aryl methyl sites for hydroxylation is 1. The molecule has 1 fully saturated rings. The van der Waals surface area contributed by atoms with Crippen molar-refractivity contribution < 1.29 is 4.74 Å². The Kier molecular flexibility index (Phi) is 3.81. The first-order chi connectivity index (χ1) is 7.65. The van der Waals surface area contributed by atoms with Crippen LogP contribution in [0, 0.1) is 6.92 Å². The molecule has 2 rings (SSSR count). The summed E-state index contributed by atoms with van der Waals surface area (Å²) >= 11 is 3.29. The zero-order valence-electron chi connectivity index (χ0n) is 9.61. The van der Waals surface area contributed by atoms with Gasteiger partial charge in [0.05, 0.1) is 6.20 Å². The fourth-order valence-corrected chi connectivity index (χ4v) is 2.19. The molecule has 0 aromatic carbocycles. The summed E-state index contributed by atoms with van der Waals surface area (Å²) in [5, 5.41) is 0. The van der Waals surface area contributed by atoms with Gasteiger partial charge < -0.3 is 9.55 Å². The first kappa shape index (κ1) is 11.9. The monoisotopic (exact) mass is 283 g/mol. The van der Waals surface area contributed by atoms with E-state index in [4.69, 9.17) is 4.74 Å². The minimum atomic E-state index is 0.283. The van der Waals surface area contributed by atoms with Crippen LogP contribution in [0.2, 0.25) is 0 Å². The molecule has 0 spiro atoms. The summed E-state index contributed by atoms with van der Waals surface area (Å²) in [6, 6.07) is 0. The summed E-state index contributed by atoms with van der Waals surface area (Å²) in [7, 11) is 2.14. The molecule has 16 heavy (non-hydrogen) atoms. The SMILES string of the molecule is BN1CCC(Oc2ncc(Br)nc2C)CC1. The van der Waals surface area contributed by atoms with Gasteiger partial charge in [0.25, 0.3) is 0 Å². The van der Waals surface area contributed by atoms with Crippen molar-refractivity contribution >= 4 is 23.9 Å². The summed E-state index contributed by atoms with van der Waals surface area (Å²) in [5.74, 6) is 0.665. The molecule has 1 saturated heterocycles. The maximum Gasteiger partial charge on any atom is 0.235 e. The third kappa shape index (κ3) is 2.95. The first-order valence-electron chi connectivity index (χ1n) is 5.49. The Hall–Kier alpha value is -0.615. The molecule has 0 N–H and O–H groups in total. The van der Waals surface area contributed by atoms with Crippen LogP contribution in [0.4, 0.5) is 0 Å². The number of hydrogen-bond acceptors (Lipinski definition) is 4. The van der Waals surface area contributed by atoms with Crippen molar-refractivity contribution in [3.8, 4) is 5.88 Å². The highest BCUT2D eigenvalue weighted by molar-refractivity contribution is 9.10. The molecule has 0 bridgehead atoms. The molecule has 1 aliphatic rings. The number of halogens is 1. The predicted octanol–water partition coefficient (Wildman–Crippen LogP) is 0.939. The first-order valence-corrected chi connectivity index (χ1v) is 6.29. The van der Waals surface area contributed by atoms with Crippen LogP contribution in [0.3, 0.4) is 0 Å². The second kappa shape index (κ2) is 5.14. The molecule has 2 heterocycles. The molecule has 0 amide bonds. The van der Waals surface area contributed by atoms with Crippen molar-refractivity contribution in [1.29, 1.82) is 0 Å². The van der Waals surface area contributed by atoms with Crippen LogP contribution in [-0.4, -0.2) is 42.0 Å². The van der Waals surface area contributed by atoms with E-state index >= 15 is 0 Å². The van der Waals surface area contributed by atoms with Gasteiger partial charge in [-0.1, -0.05) is 0 Å². The largest absolute Gasteiger partial charge is 0.473 e. The second-order valence-electron chi connectivity index (χ2n) is 4.20. The van der Waals surface area contributed by atoms with Gasteiger partial charge in [-0.2, -0.15) is 0 Å². The van der Waals surface area contributed by atoms with E-state index < -0.39 is 0 Å². The van der Waals surface area contributed by atoms with Gasteiger partial charge in [-0.3, -0.25) is 0 Å². The average Bonchev–Trinajstić information content (AvgIpc) is 2.25. The fourth-order valence-electron chi connectivity index (χ4n) is 1.82. The van der Waals surface area contributed by atoms with E-state index in [0.29, 0.717) is 5.88 Å². The highest BCUT2D eigenvalue weighted by Gasteiger charge is 2.19. The average molecular weight is 284 g/mol. The number of ether oxygens (including phenoxy) is 1. The number of piperidine rings is 1. The molecule has 86 valence electrons. The Morgan fingerprint density at radius 1 is 1.50 bits per heavy atom. The number of rotatable bonds is 2. The van der Waals surface area contributed by atoms with E-state index in [2.05, 4.69) is 38.7 Å². The Morgan fingerprint density at radius 2 is 2.19 bits per heavy atom. The molecule has 0 radical (unpaired) electrons. The highest BCUT2D eigenvalue weighted by atomic mass is 79.9.